The van der Waals surface area contributed by atoms with Crippen molar-refractivity contribution in [2.24, 2.45) is 0 Å². The van der Waals surface area contributed by atoms with Crippen LogP contribution in [-0.4, -0.2) is 12.6 Å². The highest BCUT2D eigenvalue weighted by atomic mass is 35.5. The summed E-state index contributed by atoms with van der Waals surface area (Å²) in [6.07, 6.45) is 0. The third kappa shape index (κ3) is 4.98. The molecule has 4 nitrogen and oxygen atoms in total. The molecule has 0 atom stereocenters. The van der Waals surface area contributed by atoms with Crippen LogP contribution in [0.4, 0.5) is 0 Å². The Bertz CT molecular complexity index is 966. The topological polar surface area (TPSA) is 48.7 Å². The molecule has 0 radical (unpaired) electrons. The first-order valence-electron chi connectivity index (χ1n) is 8.01. The summed E-state index contributed by atoms with van der Waals surface area (Å²) in [5, 5.41) is 1.45. The lowest BCUT2D eigenvalue weighted by Crippen LogP contribution is -2.15. The van der Waals surface area contributed by atoms with Gasteiger partial charge in [0.2, 0.25) is 0 Å². The first kappa shape index (κ1) is 19.6. The average Bonchev–Trinajstić information content (AvgIpc) is 3.10. The van der Waals surface area contributed by atoms with Crippen molar-refractivity contribution in [3.8, 4) is 17.1 Å². The van der Waals surface area contributed by atoms with Gasteiger partial charge in [0, 0.05) is 10.6 Å². The van der Waals surface area contributed by atoms with Crippen LogP contribution in [-0.2, 0) is 16.1 Å². The zero-order valence-corrected chi connectivity index (χ0v) is 16.6. The van der Waals surface area contributed by atoms with Crippen LogP contribution >= 0.6 is 34.8 Å². The predicted molar refractivity (Wildman–Crippen MR) is 106 cm³/mol. The quantitative estimate of drug-likeness (QED) is 0.432. The third-order valence-electron chi connectivity index (χ3n) is 3.74. The number of furan rings is 1. The standard InChI is InChI=1S/C20H15Cl3O4/c1-12-9-13(21)5-7-17(12)25-11-19(24)26-10-14-6-8-18(27-14)15-3-2-4-16(22)20(15)23/h2-9H,10-11H2,1H3. The number of ether oxygens (including phenoxy) is 2. The van der Waals surface area contributed by atoms with Gasteiger partial charge in [0.15, 0.2) is 6.61 Å². The van der Waals surface area contributed by atoms with Gasteiger partial charge in [0.1, 0.15) is 23.9 Å². The number of carbonyl (C=O) groups is 1. The Kier molecular flexibility index (Phi) is 6.32. The van der Waals surface area contributed by atoms with Crippen LogP contribution in [0.5, 0.6) is 5.75 Å². The molecule has 2 aromatic carbocycles. The van der Waals surface area contributed by atoms with Crippen molar-refractivity contribution >= 4 is 40.8 Å². The number of rotatable bonds is 6. The van der Waals surface area contributed by atoms with Crippen LogP contribution in [0.1, 0.15) is 11.3 Å². The van der Waals surface area contributed by atoms with E-state index < -0.39 is 5.97 Å². The fraction of sp³-hybridized carbons (Fsp3) is 0.150. The molecule has 3 rings (SSSR count). The smallest absolute Gasteiger partial charge is 0.344 e. The van der Waals surface area contributed by atoms with E-state index in [-0.39, 0.29) is 13.2 Å². The first-order valence-corrected chi connectivity index (χ1v) is 9.15. The van der Waals surface area contributed by atoms with Crippen LogP contribution in [0.2, 0.25) is 15.1 Å². The van der Waals surface area contributed by atoms with E-state index in [1.54, 1.807) is 48.5 Å². The summed E-state index contributed by atoms with van der Waals surface area (Å²) in [6, 6.07) is 13.9. The number of carbonyl (C=O) groups excluding carboxylic acids is 1. The van der Waals surface area contributed by atoms with Gasteiger partial charge in [-0.1, -0.05) is 40.9 Å². The Hall–Kier alpha value is -2.14. The average molecular weight is 426 g/mol. The van der Waals surface area contributed by atoms with Crippen molar-refractivity contribution in [2.75, 3.05) is 6.61 Å². The van der Waals surface area contributed by atoms with Gasteiger partial charge in [-0.2, -0.15) is 0 Å². The molecule has 27 heavy (non-hydrogen) atoms. The van der Waals surface area contributed by atoms with Gasteiger partial charge >= 0.3 is 5.97 Å². The Balaban J connectivity index is 1.55. The summed E-state index contributed by atoms with van der Waals surface area (Å²) in [5.41, 5.74) is 1.51. The molecule has 3 aromatic rings. The van der Waals surface area contributed by atoms with Crippen molar-refractivity contribution in [1.29, 1.82) is 0 Å². The van der Waals surface area contributed by atoms with Gasteiger partial charge in [0.25, 0.3) is 0 Å². The lowest BCUT2D eigenvalue weighted by Gasteiger charge is -2.09. The van der Waals surface area contributed by atoms with Crippen LogP contribution in [0.25, 0.3) is 11.3 Å². The fourth-order valence-electron chi connectivity index (χ4n) is 2.40. The number of hydrogen-bond donors (Lipinski definition) is 0. The highest BCUT2D eigenvalue weighted by molar-refractivity contribution is 6.43. The van der Waals surface area contributed by atoms with E-state index in [4.69, 9.17) is 48.7 Å². The van der Waals surface area contributed by atoms with Gasteiger partial charge in [0.05, 0.1) is 10.0 Å². The summed E-state index contributed by atoms with van der Waals surface area (Å²) in [5.74, 6) is 1.09. The molecule has 0 spiro atoms. The second-order valence-corrected chi connectivity index (χ2v) is 6.95. The third-order valence-corrected chi connectivity index (χ3v) is 4.79. The predicted octanol–water partition coefficient (Wildman–Crippen LogP) is 6.34. The maximum atomic E-state index is 11.9. The molecule has 0 aliphatic rings. The van der Waals surface area contributed by atoms with E-state index in [2.05, 4.69) is 0 Å². The number of benzene rings is 2. The fourth-order valence-corrected chi connectivity index (χ4v) is 3.02. The summed E-state index contributed by atoms with van der Waals surface area (Å²) in [7, 11) is 0. The molecule has 0 fully saturated rings. The van der Waals surface area contributed by atoms with Crippen molar-refractivity contribution in [2.45, 2.75) is 13.5 Å². The van der Waals surface area contributed by atoms with Crippen molar-refractivity contribution < 1.29 is 18.7 Å². The van der Waals surface area contributed by atoms with E-state index in [9.17, 15) is 4.79 Å². The molecule has 0 amide bonds. The zero-order chi connectivity index (χ0) is 19.4. The monoisotopic (exact) mass is 424 g/mol. The van der Waals surface area contributed by atoms with Gasteiger partial charge in [-0.25, -0.2) is 4.79 Å². The Morgan fingerprint density at radius 1 is 1.07 bits per heavy atom. The first-order chi connectivity index (χ1) is 12.9. The van der Waals surface area contributed by atoms with Crippen LogP contribution < -0.4 is 4.74 Å². The van der Waals surface area contributed by atoms with Gasteiger partial charge < -0.3 is 13.9 Å². The zero-order valence-electron chi connectivity index (χ0n) is 14.3. The molecule has 0 saturated carbocycles. The SMILES string of the molecule is Cc1cc(Cl)ccc1OCC(=O)OCc1ccc(-c2cccc(Cl)c2Cl)o1. The lowest BCUT2D eigenvalue weighted by atomic mass is 10.2. The van der Waals surface area contributed by atoms with E-state index in [1.165, 1.54) is 0 Å². The van der Waals surface area contributed by atoms with Gasteiger partial charge in [-0.3, -0.25) is 0 Å². The van der Waals surface area contributed by atoms with E-state index >= 15 is 0 Å². The molecule has 1 aromatic heterocycles. The van der Waals surface area contributed by atoms with Crippen molar-refractivity contribution in [1.82, 2.24) is 0 Å². The lowest BCUT2D eigenvalue weighted by molar-refractivity contribution is -0.147. The van der Waals surface area contributed by atoms with E-state index in [1.807, 2.05) is 6.92 Å². The van der Waals surface area contributed by atoms with Gasteiger partial charge in [-0.15, -0.1) is 0 Å². The molecule has 7 heteroatoms. The molecular weight excluding hydrogens is 411 g/mol. The van der Waals surface area contributed by atoms with Crippen LogP contribution in [0, 0.1) is 6.92 Å². The molecule has 140 valence electrons. The van der Waals surface area contributed by atoms with Crippen LogP contribution in [0.15, 0.2) is 52.9 Å². The van der Waals surface area contributed by atoms with E-state index in [0.717, 1.165) is 5.56 Å². The summed E-state index contributed by atoms with van der Waals surface area (Å²) >= 11 is 18.1. The number of aryl methyl sites for hydroxylation is 1. The largest absolute Gasteiger partial charge is 0.482 e. The second kappa shape index (κ2) is 8.70. The van der Waals surface area contributed by atoms with Gasteiger partial charge in [-0.05, 0) is 55.0 Å². The van der Waals surface area contributed by atoms with Crippen molar-refractivity contribution in [3.63, 3.8) is 0 Å². The molecule has 0 unspecified atom stereocenters. The highest BCUT2D eigenvalue weighted by Crippen LogP contribution is 2.34. The number of halogens is 3. The maximum absolute atomic E-state index is 11.9. The normalized spacial score (nSPS) is 10.7. The molecule has 0 aliphatic heterocycles. The molecule has 1 heterocycles. The Morgan fingerprint density at radius 2 is 1.89 bits per heavy atom. The van der Waals surface area contributed by atoms with Crippen molar-refractivity contribution in [3.05, 3.63) is 74.9 Å². The number of esters is 1. The Morgan fingerprint density at radius 3 is 2.67 bits per heavy atom. The number of hydrogen-bond acceptors (Lipinski definition) is 4. The minimum atomic E-state index is -0.511. The molecule has 0 aliphatic carbocycles. The molecule has 0 N–H and O–H groups in total. The van der Waals surface area contributed by atoms with Crippen LogP contribution in [0.3, 0.4) is 0 Å². The molecular formula is C20H15Cl3O4. The maximum Gasteiger partial charge on any atom is 0.344 e. The Labute approximate surface area is 171 Å². The molecule has 0 saturated heterocycles. The van der Waals surface area contributed by atoms with E-state index in [0.29, 0.717) is 37.9 Å². The summed E-state index contributed by atoms with van der Waals surface area (Å²) in [6.45, 7) is 1.62. The molecule has 0 bridgehead atoms. The summed E-state index contributed by atoms with van der Waals surface area (Å²) in [4.78, 5) is 11.9. The highest BCUT2D eigenvalue weighted by Gasteiger charge is 2.13. The minimum Gasteiger partial charge on any atom is -0.482 e. The second-order valence-electron chi connectivity index (χ2n) is 5.73. The summed E-state index contributed by atoms with van der Waals surface area (Å²) < 4.78 is 16.3. The minimum absolute atomic E-state index is 0.0139.